The summed E-state index contributed by atoms with van der Waals surface area (Å²) in [5.74, 6) is -0.256. The van der Waals surface area contributed by atoms with Gasteiger partial charge in [0.2, 0.25) is 10.0 Å². The first-order chi connectivity index (χ1) is 9.34. The van der Waals surface area contributed by atoms with Gasteiger partial charge in [0.25, 0.3) is 0 Å². The van der Waals surface area contributed by atoms with Gasteiger partial charge in [0.05, 0.1) is 4.90 Å². The van der Waals surface area contributed by atoms with E-state index in [0.717, 1.165) is 8.78 Å². The van der Waals surface area contributed by atoms with E-state index in [4.69, 9.17) is 0 Å². The molecule has 1 unspecified atom stereocenters. The summed E-state index contributed by atoms with van der Waals surface area (Å²) >= 11 is 7.92. The summed E-state index contributed by atoms with van der Waals surface area (Å²) < 4.78 is 27.5. The van der Waals surface area contributed by atoms with Crippen molar-refractivity contribution in [3.63, 3.8) is 0 Å². The highest BCUT2D eigenvalue weighted by Gasteiger charge is 2.38. The Hall–Kier alpha value is -0.0900. The van der Waals surface area contributed by atoms with Crippen molar-refractivity contribution < 1.29 is 18.3 Å². The second kappa shape index (κ2) is 6.35. The largest absolute Gasteiger partial charge is 0.480 e. The molecule has 9 heteroatoms. The first kappa shape index (κ1) is 16.3. The summed E-state index contributed by atoms with van der Waals surface area (Å²) in [5, 5.41) is 9.19. The molecule has 0 aromatic heterocycles. The zero-order chi connectivity index (χ0) is 14.9. The van der Waals surface area contributed by atoms with Crippen molar-refractivity contribution in [2.75, 3.05) is 18.1 Å². The maximum Gasteiger partial charge on any atom is 0.322 e. The molecule has 1 atom stereocenters. The Labute approximate surface area is 138 Å². The molecule has 5 nitrogen and oxygen atoms in total. The molecule has 110 valence electrons. The molecule has 1 aromatic carbocycles. The number of aliphatic carboxylic acids is 1. The van der Waals surface area contributed by atoms with Crippen LogP contribution in [0.2, 0.25) is 0 Å². The topological polar surface area (TPSA) is 74.7 Å². The van der Waals surface area contributed by atoms with Gasteiger partial charge in [-0.15, -0.1) is 0 Å². The van der Waals surface area contributed by atoms with Crippen molar-refractivity contribution in [2.45, 2.75) is 10.9 Å². The molecule has 0 bridgehead atoms. The van der Waals surface area contributed by atoms with E-state index in [1.165, 1.54) is 17.8 Å². The van der Waals surface area contributed by atoms with Crippen LogP contribution in [0.3, 0.4) is 0 Å². The molecular weight excluding hydrogens is 434 g/mol. The first-order valence-corrected chi connectivity index (χ1v) is 9.79. The van der Waals surface area contributed by atoms with Crippen LogP contribution in [0.15, 0.2) is 32.0 Å². The van der Waals surface area contributed by atoms with Gasteiger partial charge < -0.3 is 5.11 Å². The summed E-state index contributed by atoms with van der Waals surface area (Å²) in [4.78, 5) is 11.3. The SMILES string of the molecule is O=C(O)C1CSCCN1S(=O)(=O)c1ccc(Br)cc1Br. The molecule has 1 heterocycles. The molecule has 0 aliphatic carbocycles. The third-order valence-corrected chi connectivity index (χ3v) is 7.25. The number of carboxylic acids is 1. The Morgan fingerprint density at radius 3 is 2.70 bits per heavy atom. The average molecular weight is 445 g/mol. The standard InChI is InChI=1S/C11H11Br2NO4S2/c12-7-1-2-10(8(13)5-7)20(17,18)14-3-4-19-6-9(14)11(15)16/h1-2,5,9H,3-4,6H2,(H,15,16). The third kappa shape index (κ3) is 3.22. The van der Waals surface area contributed by atoms with Gasteiger partial charge in [-0.2, -0.15) is 16.1 Å². The van der Waals surface area contributed by atoms with Crippen molar-refractivity contribution in [1.82, 2.24) is 4.31 Å². The maximum atomic E-state index is 12.6. The number of hydrogen-bond donors (Lipinski definition) is 1. The molecule has 1 fully saturated rings. The van der Waals surface area contributed by atoms with E-state index in [2.05, 4.69) is 31.9 Å². The first-order valence-electron chi connectivity index (χ1n) is 5.61. The quantitative estimate of drug-likeness (QED) is 0.774. The molecule has 0 spiro atoms. The van der Waals surface area contributed by atoms with Gasteiger partial charge in [0.15, 0.2) is 0 Å². The predicted molar refractivity (Wildman–Crippen MR) is 84.5 cm³/mol. The molecule has 0 amide bonds. The van der Waals surface area contributed by atoms with E-state index in [9.17, 15) is 18.3 Å². The lowest BCUT2D eigenvalue weighted by Crippen LogP contribution is -2.50. The summed E-state index contributed by atoms with van der Waals surface area (Å²) in [7, 11) is -3.83. The van der Waals surface area contributed by atoms with Crippen molar-refractivity contribution in [1.29, 1.82) is 0 Å². The highest BCUT2D eigenvalue weighted by molar-refractivity contribution is 9.11. The smallest absolute Gasteiger partial charge is 0.322 e. The van der Waals surface area contributed by atoms with Crippen LogP contribution in [0.1, 0.15) is 0 Å². The fourth-order valence-corrected chi connectivity index (χ4v) is 6.42. The Morgan fingerprint density at radius 1 is 1.40 bits per heavy atom. The molecule has 2 rings (SSSR count). The molecule has 1 aromatic rings. The van der Waals surface area contributed by atoms with Gasteiger partial charge in [-0.25, -0.2) is 8.42 Å². The number of carboxylic acid groups (broad SMARTS) is 1. The number of halogens is 2. The molecule has 1 N–H and O–H groups in total. The predicted octanol–water partition coefficient (Wildman–Crippen LogP) is 2.40. The third-order valence-electron chi connectivity index (χ3n) is 2.84. The molecule has 0 radical (unpaired) electrons. The summed E-state index contributed by atoms with van der Waals surface area (Å²) in [5.41, 5.74) is 0. The Bertz CT molecular complexity index is 635. The summed E-state index contributed by atoms with van der Waals surface area (Å²) in [6.45, 7) is 0.201. The Morgan fingerprint density at radius 2 is 2.10 bits per heavy atom. The number of carbonyl (C=O) groups is 1. The lowest BCUT2D eigenvalue weighted by Gasteiger charge is -2.31. The highest BCUT2D eigenvalue weighted by atomic mass is 79.9. The summed E-state index contributed by atoms with van der Waals surface area (Å²) in [6, 6.07) is 3.69. The zero-order valence-corrected chi connectivity index (χ0v) is 14.9. The fraction of sp³-hybridized carbons (Fsp3) is 0.364. The van der Waals surface area contributed by atoms with Crippen LogP contribution in [-0.4, -0.2) is 47.9 Å². The molecule has 1 aliphatic heterocycles. The van der Waals surface area contributed by atoms with Crippen LogP contribution >= 0.6 is 43.6 Å². The second-order valence-corrected chi connectivity index (χ2v) is 8.90. The van der Waals surface area contributed by atoms with Crippen LogP contribution < -0.4 is 0 Å². The van der Waals surface area contributed by atoms with E-state index >= 15 is 0 Å². The normalized spacial score (nSPS) is 20.8. The number of nitrogens with zero attached hydrogens (tertiary/aromatic N) is 1. The van der Waals surface area contributed by atoms with Crippen molar-refractivity contribution in [3.05, 3.63) is 27.1 Å². The Balaban J connectivity index is 2.45. The molecule has 1 aliphatic rings. The number of thioether (sulfide) groups is 1. The van der Waals surface area contributed by atoms with Gasteiger partial charge >= 0.3 is 5.97 Å². The monoisotopic (exact) mass is 443 g/mol. The Kier molecular flexibility index (Phi) is 5.17. The molecule has 1 saturated heterocycles. The number of benzene rings is 1. The molecule has 20 heavy (non-hydrogen) atoms. The van der Waals surface area contributed by atoms with E-state index < -0.39 is 22.0 Å². The van der Waals surface area contributed by atoms with Crippen LogP contribution in [0.4, 0.5) is 0 Å². The van der Waals surface area contributed by atoms with Crippen LogP contribution in [0.25, 0.3) is 0 Å². The van der Waals surface area contributed by atoms with Gasteiger partial charge in [0, 0.05) is 27.0 Å². The zero-order valence-electron chi connectivity index (χ0n) is 10.1. The van der Waals surface area contributed by atoms with Crippen molar-refractivity contribution >= 4 is 59.6 Å². The van der Waals surface area contributed by atoms with Gasteiger partial charge in [-0.05, 0) is 34.1 Å². The van der Waals surface area contributed by atoms with E-state index in [0.29, 0.717) is 10.2 Å². The fourth-order valence-electron chi connectivity index (χ4n) is 1.88. The van der Waals surface area contributed by atoms with Crippen LogP contribution in [0.5, 0.6) is 0 Å². The van der Waals surface area contributed by atoms with Crippen LogP contribution in [-0.2, 0) is 14.8 Å². The molecular formula is C11H11Br2NO4S2. The number of sulfonamides is 1. The van der Waals surface area contributed by atoms with Crippen molar-refractivity contribution in [3.8, 4) is 0 Å². The van der Waals surface area contributed by atoms with E-state index in [1.807, 2.05) is 0 Å². The molecule has 0 saturated carbocycles. The maximum absolute atomic E-state index is 12.6. The van der Waals surface area contributed by atoms with Crippen LogP contribution in [0, 0.1) is 0 Å². The van der Waals surface area contributed by atoms with E-state index in [1.54, 1.807) is 12.1 Å². The minimum Gasteiger partial charge on any atom is -0.480 e. The van der Waals surface area contributed by atoms with Gasteiger partial charge in [-0.3, -0.25) is 4.79 Å². The average Bonchev–Trinajstić information content (AvgIpc) is 2.38. The number of rotatable bonds is 3. The minimum atomic E-state index is -3.83. The highest BCUT2D eigenvalue weighted by Crippen LogP contribution is 2.31. The van der Waals surface area contributed by atoms with Gasteiger partial charge in [-0.1, -0.05) is 15.9 Å². The minimum absolute atomic E-state index is 0.0823. The van der Waals surface area contributed by atoms with Gasteiger partial charge in [0.1, 0.15) is 6.04 Å². The lowest BCUT2D eigenvalue weighted by molar-refractivity contribution is -0.140. The second-order valence-electron chi connectivity index (χ2n) is 4.12. The van der Waals surface area contributed by atoms with E-state index in [-0.39, 0.29) is 17.2 Å². The van der Waals surface area contributed by atoms with Crippen molar-refractivity contribution in [2.24, 2.45) is 0 Å². The lowest BCUT2D eigenvalue weighted by atomic mass is 10.3. The summed E-state index contributed by atoms with van der Waals surface area (Å²) in [6.07, 6.45) is 0. The number of hydrogen-bond acceptors (Lipinski definition) is 4.